The lowest BCUT2D eigenvalue weighted by Crippen LogP contribution is -2.43. The third-order valence-electron chi connectivity index (χ3n) is 2.54. The number of carbonyl (C=O) groups excluding carboxylic acids is 1. The Morgan fingerprint density at radius 1 is 1.56 bits per heavy atom. The average molecular weight is 243 g/mol. The van der Waals surface area contributed by atoms with Gasteiger partial charge in [0.05, 0.1) is 10.7 Å². The summed E-state index contributed by atoms with van der Waals surface area (Å²) in [5, 5.41) is 6.04. The normalized spacial score (nSPS) is 15.6. The monoisotopic (exact) mass is 242 g/mol. The largest absolute Gasteiger partial charge is 0.325 e. The lowest BCUT2D eigenvalue weighted by molar-refractivity contribution is -0.117. The summed E-state index contributed by atoms with van der Waals surface area (Å²) >= 11 is 5.83. The summed E-state index contributed by atoms with van der Waals surface area (Å²) in [7, 11) is 0. The van der Waals surface area contributed by atoms with Crippen molar-refractivity contribution in [3.05, 3.63) is 29.0 Å². The molecule has 1 saturated heterocycles. The third-order valence-corrected chi connectivity index (χ3v) is 2.87. The van der Waals surface area contributed by atoms with Gasteiger partial charge >= 0.3 is 0 Å². The van der Waals surface area contributed by atoms with E-state index in [1.54, 1.807) is 0 Å². The fourth-order valence-electron chi connectivity index (χ4n) is 1.55. The highest BCUT2D eigenvalue weighted by atomic mass is 35.5. The molecule has 0 bridgehead atoms. The quantitative estimate of drug-likeness (QED) is 0.852. The van der Waals surface area contributed by atoms with Crippen LogP contribution in [0.5, 0.6) is 0 Å². The molecule has 2 N–H and O–H groups in total. The Morgan fingerprint density at radius 3 is 2.94 bits per heavy atom. The van der Waals surface area contributed by atoms with E-state index in [2.05, 4.69) is 10.6 Å². The Kier molecular flexibility index (Phi) is 3.41. The van der Waals surface area contributed by atoms with Crippen molar-refractivity contribution >= 4 is 23.2 Å². The summed E-state index contributed by atoms with van der Waals surface area (Å²) in [5.74, 6) is -0.156. The van der Waals surface area contributed by atoms with Crippen LogP contribution in [0.3, 0.4) is 0 Å². The number of nitrogens with one attached hydrogen (secondary N) is 2. The van der Waals surface area contributed by atoms with Gasteiger partial charge in [0.1, 0.15) is 5.82 Å². The lowest BCUT2D eigenvalue weighted by atomic mass is 9.99. The molecule has 0 spiro atoms. The van der Waals surface area contributed by atoms with Crippen molar-refractivity contribution in [1.29, 1.82) is 0 Å². The van der Waals surface area contributed by atoms with Gasteiger partial charge in [0.2, 0.25) is 5.91 Å². The first-order chi connectivity index (χ1) is 7.65. The highest BCUT2D eigenvalue weighted by Crippen LogP contribution is 2.23. The predicted molar refractivity (Wildman–Crippen MR) is 61.0 cm³/mol. The second kappa shape index (κ2) is 4.80. The number of amides is 1. The van der Waals surface area contributed by atoms with Crippen LogP contribution in [0.1, 0.15) is 6.42 Å². The lowest BCUT2D eigenvalue weighted by Gasteiger charge is -2.26. The van der Waals surface area contributed by atoms with Crippen LogP contribution in [0, 0.1) is 11.7 Å². The minimum absolute atomic E-state index is 0.126. The molecule has 0 unspecified atom stereocenters. The van der Waals surface area contributed by atoms with E-state index in [0.29, 0.717) is 23.0 Å². The third kappa shape index (κ3) is 2.71. The molecule has 0 aliphatic carbocycles. The van der Waals surface area contributed by atoms with Crippen molar-refractivity contribution in [3.63, 3.8) is 0 Å². The van der Waals surface area contributed by atoms with Crippen molar-refractivity contribution < 1.29 is 9.18 Å². The molecule has 0 radical (unpaired) electrons. The molecule has 1 aromatic carbocycles. The predicted octanol–water partition coefficient (Wildman–Crippen LogP) is 2.03. The fraction of sp³-hybridized carbons (Fsp3) is 0.364. The molecule has 1 aliphatic rings. The van der Waals surface area contributed by atoms with E-state index in [4.69, 9.17) is 11.6 Å². The van der Waals surface area contributed by atoms with Crippen LogP contribution in [0.2, 0.25) is 5.02 Å². The molecule has 16 heavy (non-hydrogen) atoms. The van der Waals surface area contributed by atoms with Crippen LogP contribution in [-0.4, -0.2) is 19.0 Å². The maximum absolute atomic E-state index is 12.9. The minimum atomic E-state index is -0.412. The smallest absolute Gasteiger partial charge is 0.224 e. The summed E-state index contributed by atoms with van der Waals surface area (Å²) in [4.78, 5) is 11.6. The molecule has 1 fully saturated rings. The number of anilines is 1. The molecule has 0 atom stereocenters. The summed E-state index contributed by atoms with van der Waals surface area (Å²) in [6.07, 6.45) is 0.444. The van der Waals surface area contributed by atoms with Gasteiger partial charge in [-0.2, -0.15) is 0 Å². The second-order valence-electron chi connectivity index (χ2n) is 3.90. The van der Waals surface area contributed by atoms with E-state index in [-0.39, 0.29) is 5.91 Å². The average Bonchev–Trinajstić information content (AvgIpc) is 2.18. The first-order valence-corrected chi connectivity index (χ1v) is 5.48. The molecule has 5 heteroatoms. The zero-order chi connectivity index (χ0) is 11.5. The highest BCUT2D eigenvalue weighted by molar-refractivity contribution is 6.33. The van der Waals surface area contributed by atoms with E-state index in [9.17, 15) is 9.18 Å². The Hall–Kier alpha value is -1.13. The van der Waals surface area contributed by atoms with Gasteiger partial charge in [-0.15, -0.1) is 0 Å². The molecule has 1 heterocycles. The maximum Gasteiger partial charge on any atom is 0.224 e. The first kappa shape index (κ1) is 11.4. The fourth-order valence-corrected chi connectivity index (χ4v) is 1.71. The Labute approximate surface area is 98.0 Å². The van der Waals surface area contributed by atoms with E-state index in [0.717, 1.165) is 13.1 Å². The van der Waals surface area contributed by atoms with Gasteiger partial charge in [0.25, 0.3) is 0 Å². The number of carbonyl (C=O) groups is 1. The van der Waals surface area contributed by atoms with Crippen LogP contribution in [0.25, 0.3) is 0 Å². The van der Waals surface area contributed by atoms with E-state index < -0.39 is 5.82 Å². The highest BCUT2D eigenvalue weighted by Gasteiger charge is 2.20. The molecule has 2 rings (SSSR count). The van der Waals surface area contributed by atoms with Gasteiger partial charge in [0.15, 0.2) is 0 Å². The van der Waals surface area contributed by atoms with Gasteiger partial charge in [-0.3, -0.25) is 4.79 Å². The molecule has 1 amide bonds. The maximum atomic E-state index is 12.9. The van der Waals surface area contributed by atoms with Crippen molar-refractivity contribution in [2.45, 2.75) is 6.42 Å². The van der Waals surface area contributed by atoms with E-state index >= 15 is 0 Å². The van der Waals surface area contributed by atoms with E-state index in [1.807, 2.05) is 0 Å². The topological polar surface area (TPSA) is 41.1 Å². The minimum Gasteiger partial charge on any atom is -0.325 e. The number of rotatable bonds is 3. The molecule has 3 nitrogen and oxygen atoms in total. The van der Waals surface area contributed by atoms with Crippen LogP contribution in [-0.2, 0) is 4.79 Å². The van der Waals surface area contributed by atoms with Gasteiger partial charge in [-0.25, -0.2) is 4.39 Å². The number of halogens is 2. The van der Waals surface area contributed by atoms with Gasteiger partial charge in [0, 0.05) is 6.42 Å². The Balaban J connectivity index is 1.96. The second-order valence-corrected chi connectivity index (χ2v) is 4.31. The summed E-state index contributed by atoms with van der Waals surface area (Å²) in [6, 6.07) is 3.91. The molecule has 1 aromatic rings. The van der Waals surface area contributed by atoms with Crippen molar-refractivity contribution in [1.82, 2.24) is 5.32 Å². The van der Waals surface area contributed by atoms with E-state index in [1.165, 1.54) is 18.2 Å². The van der Waals surface area contributed by atoms with Gasteiger partial charge in [-0.05, 0) is 37.2 Å². The van der Waals surface area contributed by atoms with Crippen LogP contribution in [0.15, 0.2) is 18.2 Å². The van der Waals surface area contributed by atoms with Crippen molar-refractivity contribution in [2.24, 2.45) is 5.92 Å². The zero-order valence-electron chi connectivity index (χ0n) is 8.59. The molecular formula is C11H12ClFN2O. The molecule has 86 valence electrons. The van der Waals surface area contributed by atoms with Crippen LogP contribution in [0.4, 0.5) is 10.1 Å². The van der Waals surface area contributed by atoms with Gasteiger partial charge < -0.3 is 10.6 Å². The molecule has 1 aliphatic heterocycles. The van der Waals surface area contributed by atoms with Crippen LogP contribution >= 0.6 is 11.6 Å². The molecule has 0 saturated carbocycles. The first-order valence-electron chi connectivity index (χ1n) is 5.11. The number of hydrogen-bond acceptors (Lipinski definition) is 2. The SMILES string of the molecule is O=C(CC1CNC1)Nc1cc(F)ccc1Cl. The van der Waals surface area contributed by atoms with Crippen molar-refractivity contribution in [3.8, 4) is 0 Å². The van der Waals surface area contributed by atoms with Crippen molar-refractivity contribution in [2.75, 3.05) is 18.4 Å². The molecule has 0 aromatic heterocycles. The van der Waals surface area contributed by atoms with Gasteiger partial charge in [-0.1, -0.05) is 11.6 Å². The van der Waals surface area contributed by atoms with Crippen LogP contribution < -0.4 is 10.6 Å². The number of hydrogen-bond donors (Lipinski definition) is 2. The Bertz CT molecular complexity index is 407. The molecular weight excluding hydrogens is 231 g/mol. The summed E-state index contributed by atoms with van der Waals surface area (Å²) in [6.45, 7) is 1.73. The Morgan fingerprint density at radius 2 is 2.31 bits per heavy atom. The number of benzene rings is 1. The summed E-state index contributed by atoms with van der Waals surface area (Å²) in [5.41, 5.74) is 0.332. The zero-order valence-corrected chi connectivity index (χ0v) is 9.35. The summed E-state index contributed by atoms with van der Waals surface area (Å²) < 4.78 is 12.9. The standard InChI is InChI=1S/C11H12ClFN2O/c12-9-2-1-8(13)4-10(9)15-11(16)3-7-5-14-6-7/h1-2,4,7,14H,3,5-6H2,(H,15,16).